The lowest BCUT2D eigenvalue weighted by atomic mass is 10.3. The molecule has 0 aliphatic heterocycles. The van der Waals surface area contributed by atoms with Crippen molar-refractivity contribution in [3.05, 3.63) is 22.7 Å². The van der Waals surface area contributed by atoms with E-state index in [1.54, 1.807) is 26.2 Å². The maximum absolute atomic E-state index is 11.8. The van der Waals surface area contributed by atoms with Crippen LogP contribution in [0.5, 0.6) is 0 Å². The van der Waals surface area contributed by atoms with Crippen molar-refractivity contribution in [3.63, 3.8) is 0 Å². The molecule has 0 heterocycles. The second kappa shape index (κ2) is 4.48. The van der Waals surface area contributed by atoms with Crippen LogP contribution in [0.2, 0.25) is 0 Å². The number of hydrogen-bond donors (Lipinski definition) is 2. The quantitative estimate of drug-likeness (QED) is 0.638. The number of nitrogens with zero attached hydrogens (tertiary/aromatic N) is 1. The molecule has 0 unspecified atom stereocenters. The number of nitrogens with two attached hydrogens (primary N) is 1. The van der Waals surface area contributed by atoms with Crippen LogP contribution in [-0.4, -0.2) is 27.5 Å². The van der Waals surface area contributed by atoms with Crippen LogP contribution in [0.4, 0.5) is 5.69 Å². The first kappa shape index (κ1) is 12.4. The van der Waals surface area contributed by atoms with Crippen LogP contribution < -0.4 is 10.6 Å². The number of hydrogen-bond acceptors (Lipinski definition) is 4. The van der Waals surface area contributed by atoms with Crippen molar-refractivity contribution in [2.45, 2.75) is 4.90 Å². The summed E-state index contributed by atoms with van der Waals surface area (Å²) in [6.45, 7) is 0. The van der Waals surface area contributed by atoms with Crippen LogP contribution in [-0.2, 0) is 10.0 Å². The van der Waals surface area contributed by atoms with Crippen molar-refractivity contribution in [2.75, 3.05) is 19.8 Å². The monoisotopic (exact) mass is 293 g/mol. The molecule has 0 amide bonds. The van der Waals surface area contributed by atoms with Crippen molar-refractivity contribution >= 4 is 31.6 Å². The molecule has 0 bridgehead atoms. The highest BCUT2D eigenvalue weighted by molar-refractivity contribution is 9.10. The highest BCUT2D eigenvalue weighted by Gasteiger charge is 2.18. The van der Waals surface area contributed by atoms with Gasteiger partial charge in [0.25, 0.3) is 10.0 Å². The Bertz CT molecular complexity index is 459. The SMILES string of the molecule is CN(C)NS(=O)(=O)c1cc(N)ccc1Br. The van der Waals surface area contributed by atoms with E-state index in [1.807, 2.05) is 0 Å². The van der Waals surface area contributed by atoms with Gasteiger partial charge in [-0.2, -0.15) is 0 Å². The highest BCUT2D eigenvalue weighted by atomic mass is 79.9. The van der Waals surface area contributed by atoms with E-state index >= 15 is 0 Å². The van der Waals surface area contributed by atoms with E-state index in [0.717, 1.165) is 0 Å². The van der Waals surface area contributed by atoms with Gasteiger partial charge in [0.05, 0.1) is 4.90 Å². The van der Waals surface area contributed by atoms with Crippen LogP contribution in [0.3, 0.4) is 0 Å². The molecule has 0 saturated heterocycles. The number of rotatable bonds is 3. The Kier molecular flexibility index (Phi) is 3.72. The van der Waals surface area contributed by atoms with Crippen LogP contribution in [0.25, 0.3) is 0 Å². The van der Waals surface area contributed by atoms with Gasteiger partial charge >= 0.3 is 0 Å². The number of hydrazine groups is 1. The second-order valence-corrected chi connectivity index (χ2v) is 5.66. The largest absolute Gasteiger partial charge is 0.399 e. The number of benzene rings is 1. The first-order valence-electron chi connectivity index (χ1n) is 4.08. The van der Waals surface area contributed by atoms with Crippen molar-refractivity contribution < 1.29 is 8.42 Å². The van der Waals surface area contributed by atoms with Crippen molar-refractivity contribution in [1.82, 2.24) is 9.84 Å². The molecule has 0 aliphatic carbocycles. The zero-order valence-corrected chi connectivity index (χ0v) is 10.8. The molecular formula is C8H12BrN3O2S. The molecule has 3 N–H and O–H groups in total. The Balaban J connectivity index is 3.21. The van der Waals surface area contributed by atoms with E-state index in [1.165, 1.54) is 11.1 Å². The lowest BCUT2D eigenvalue weighted by Crippen LogP contribution is -2.36. The topological polar surface area (TPSA) is 75.4 Å². The average molecular weight is 294 g/mol. The summed E-state index contributed by atoms with van der Waals surface area (Å²) in [6.07, 6.45) is 0. The van der Waals surface area contributed by atoms with Crippen LogP contribution >= 0.6 is 15.9 Å². The minimum Gasteiger partial charge on any atom is -0.399 e. The van der Waals surface area contributed by atoms with Gasteiger partial charge < -0.3 is 5.73 Å². The smallest absolute Gasteiger partial charge is 0.254 e. The first-order valence-corrected chi connectivity index (χ1v) is 6.35. The zero-order valence-electron chi connectivity index (χ0n) is 8.36. The molecule has 0 saturated carbocycles. The molecule has 15 heavy (non-hydrogen) atoms. The molecule has 1 aromatic rings. The predicted molar refractivity (Wildman–Crippen MR) is 62.6 cm³/mol. The summed E-state index contributed by atoms with van der Waals surface area (Å²) in [6, 6.07) is 4.62. The maximum Gasteiger partial charge on any atom is 0.254 e. The molecule has 1 aromatic carbocycles. The van der Waals surface area contributed by atoms with Crippen LogP contribution in [0.1, 0.15) is 0 Å². The summed E-state index contributed by atoms with van der Waals surface area (Å²) >= 11 is 3.16. The molecule has 0 radical (unpaired) electrons. The lowest BCUT2D eigenvalue weighted by Gasteiger charge is -2.13. The van der Waals surface area contributed by atoms with Crippen molar-refractivity contribution in [3.8, 4) is 0 Å². The van der Waals surface area contributed by atoms with Gasteiger partial charge in [-0.3, -0.25) is 0 Å². The normalized spacial score (nSPS) is 12.0. The maximum atomic E-state index is 11.8. The summed E-state index contributed by atoms with van der Waals surface area (Å²) in [7, 11) is -0.374. The fraction of sp³-hybridized carbons (Fsp3) is 0.250. The third-order valence-electron chi connectivity index (χ3n) is 1.55. The number of halogens is 1. The second-order valence-electron chi connectivity index (χ2n) is 3.18. The fourth-order valence-electron chi connectivity index (χ4n) is 1.02. The molecule has 0 aliphatic rings. The predicted octanol–water partition coefficient (Wildman–Crippen LogP) is 0.786. The van der Waals surface area contributed by atoms with Crippen molar-refractivity contribution in [1.29, 1.82) is 0 Å². The zero-order chi connectivity index (χ0) is 11.6. The summed E-state index contributed by atoms with van der Waals surface area (Å²) < 4.78 is 24.0. The molecule has 0 fully saturated rings. The number of nitrogen functional groups attached to an aromatic ring is 1. The van der Waals surface area contributed by atoms with Gasteiger partial charge in [-0.1, -0.05) is 0 Å². The first-order chi connectivity index (χ1) is 6.83. The van der Waals surface area contributed by atoms with E-state index in [0.29, 0.717) is 10.2 Å². The van der Waals surface area contributed by atoms with Gasteiger partial charge in [-0.15, -0.1) is 4.83 Å². The standard InChI is InChI=1S/C8H12BrN3O2S/c1-12(2)11-15(13,14)8-5-6(10)3-4-7(8)9/h3-5,11H,10H2,1-2H3. The van der Waals surface area contributed by atoms with Gasteiger partial charge in [0.1, 0.15) is 0 Å². The molecule has 5 nitrogen and oxygen atoms in total. The molecule has 7 heteroatoms. The number of nitrogens with one attached hydrogen (secondary N) is 1. The van der Waals surface area contributed by atoms with E-state index in [4.69, 9.17) is 5.73 Å². The van der Waals surface area contributed by atoms with Gasteiger partial charge in [-0.25, -0.2) is 13.4 Å². The van der Waals surface area contributed by atoms with Crippen molar-refractivity contribution in [2.24, 2.45) is 0 Å². The number of sulfonamides is 1. The molecule has 84 valence electrons. The molecule has 0 aromatic heterocycles. The van der Waals surface area contributed by atoms with Gasteiger partial charge in [0.2, 0.25) is 0 Å². The third-order valence-corrected chi connectivity index (χ3v) is 4.02. The van der Waals surface area contributed by atoms with E-state index < -0.39 is 10.0 Å². The Morgan fingerprint density at radius 2 is 2.00 bits per heavy atom. The number of anilines is 1. The summed E-state index contributed by atoms with van der Waals surface area (Å²) in [4.78, 5) is 2.44. The van der Waals surface area contributed by atoms with Gasteiger partial charge in [-0.05, 0) is 34.1 Å². The molecular weight excluding hydrogens is 282 g/mol. The average Bonchev–Trinajstić information content (AvgIpc) is 2.06. The fourth-order valence-corrected chi connectivity index (χ4v) is 3.10. The van der Waals surface area contributed by atoms with E-state index in [2.05, 4.69) is 20.8 Å². The third kappa shape index (κ3) is 3.16. The van der Waals surface area contributed by atoms with Gasteiger partial charge in [0.15, 0.2) is 0 Å². The minimum absolute atomic E-state index is 0.121. The van der Waals surface area contributed by atoms with E-state index in [-0.39, 0.29) is 4.90 Å². The summed E-state index contributed by atoms with van der Waals surface area (Å²) in [5.74, 6) is 0. The Hall–Kier alpha value is -0.630. The highest BCUT2D eigenvalue weighted by Crippen LogP contribution is 2.23. The Morgan fingerprint density at radius 3 is 2.53 bits per heavy atom. The molecule has 0 atom stereocenters. The Morgan fingerprint density at radius 1 is 1.40 bits per heavy atom. The van der Waals surface area contributed by atoms with Gasteiger partial charge in [0, 0.05) is 24.3 Å². The van der Waals surface area contributed by atoms with Crippen LogP contribution in [0, 0.1) is 0 Å². The van der Waals surface area contributed by atoms with Crippen LogP contribution in [0.15, 0.2) is 27.6 Å². The summed E-state index contributed by atoms with van der Waals surface area (Å²) in [5.41, 5.74) is 5.93. The Labute approximate surface area is 97.4 Å². The van der Waals surface area contributed by atoms with E-state index in [9.17, 15) is 8.42 Å². The summed E-state index contributed by atoms with van der Waals surface area (Å²) in [5, 5.41) is 1.35. The lowest BCUT2D eigenvalue weighted by molar-refractivity contribution is 0.364. The molecule has 1 rings (SSSR count). The molecule has 0 spiro atoms. The minimum atomic E-state index is -3.56.